The summed E-state index contributed by atoms with van der Waals surface area (Å²) in [5.41, 5.74) is 3.36. The summed E-state index contributed by atoms with van der Waals surface area (Å²) in [4.78, 5) is 0. The van der Waals surface area contributed by atoms with Crippen molar-refractivity contribution in [2.24, 2.45) is 0 Å². The molecule has 0 atom stereocenters. The quantitative estimate of drug-likeness (QED) is 0.852. The molecule has 0 bridgehead atoms. The second kappa shape index (κ2) is 5.29. The molecule has 0 unspecified atom stereocenters. The van der Waals surface area contributed by atoms with Gasteiger partial charge in [0.05, 0.1) is 14.2 Å². The molecule has 3 nitrogen and oxygen atoms in total. The van der Waals surface area contributed by atoms with Gasteiger partial charge in [0.2, 0.25) is 0 Å². The Morgan fingerprint density at radius 2 is 1.65 bits per heavy atom. The zero-order valence-corrected chi connectivity index (χ0v) is 11.6. The lowest BCUT2D eigenvalue weighted by atomic mass is 9.95. The molecule has 0 amide bonds. The first-order valence-electron chi connectivity index (χ1n) is 6.48. The van der Waals surface area contributed by atoms with Gasteiger partial charge < -0.3 is 14.2 Å². The van der Waals surface area contributed by atoms with Crippen LogP contribution in [0.3, 0.4) is 0 Å². The second-order valence-electron chi connectivity index (χ2n) is 4.50. The molecule has 20 heavy (non-hydrogen) atoms. The van der Waals surface area contributed by atoms with Crippen LogP contribution in [0.4, 0.5) is 0 Å². The molecular weight excluding hydrogens is 252 g/mol. The Bertz CT molecular complexity index is 645. The number of rotatable bonds is 3. The van der Waals surface area contributed by atoms with E-state index in [1.54, 1.807) is 14.2 Å². The van der Waals surface area contributed by atoms with Gasteiger partial charge >= 0.3 is 0 Å². The van der Waals surface area contributed by atoms with Crippen molar-refractivity contribution >= 4 is 5.57 Å². The minimum atomic E-state index is 0.562. The Kier molecular flexibility index (Phi) is 3.33. The van der Waals surface area contributed by atoms with E-state index in [9.17, 15) is 0 Å². The number of fused-ring (bicyclic) bond motifs is 1. The number of benzene rings is 2. The molecule has 0 saturated carbocycles. The maximum absolute atomic E-state index is 5.71. The monoisotopic (exact) mass is 268 g/mol. The van der Waals surface area contributed by atoms with Gasteiger partial charge in [0.25, 0.3) is 0 Å². The summed E-state index contributed by atoms with van der Waals surface area (Å²) < 4.78 is 16.4. The van der Waals surface area contributed by atoms with Crippen LogP contribution < -0.4 is 14.2 Å². The minimum absolute atomic E-state index is 0.562. The fraction of sp³-hybridized carbons (Fsp3) is 0.176. The molecule has 1 aliphatic heterocycles. The van der Waals surface area contributed by atoms with Crippen molar-refractivity contribution in [3.8, 4) is 17.2 Å². The van der Waals surface area contributed by atoms with Crippen LogP contribution in [0.25, 0.3) is 5.57 Å². The summed E-state index contributed by atoms with van der Waals surface area (Å²) in [5, 5.41) is 0. The van der Waals surface area contributed by atoms with E-state index in [0.717, 1.165) is 16.9 Å². The Labute approximate surface area is 118 Å². The van der Waals surface area contributed by atoms with Gasteiger partial charge in [-0.3, -0.25) is 0 Å². The molecule has 2 aromatic carbocycles. The predicted octanol–water partition coefficient (Wildman–Crippen LogP) is 3.53. The van der Waals surface area contributed by atoms with Crippen LogP contribution in [0.2, 0.25) is 0 Å². The maximum atomic E-state index is 5.71. The molecule has 0 fully saturated rings. The summed E-state index contributed by atoms with van der Waals surface area (Å²) in [6.07, 6.45) is 2.09. The highest BCUT2D eigenvalue weighted by Gasteiger charge is 2.19. The van der Waals surface area contributed by atoms with Crippen LogP contribution in [0.5, 0.6) is 17.2 Å². The van der Waals surface area contributed by atoms with Gasteiger partial charge in [-0.15, -0.1) is 0 Å². The molecular formula is C17H16O3. The lowest BCUT2D eigenvalue weighted by molar-refractivity contribution is 0.336. The van der Waals surface area contributed by atoms with Gasteiger partial charge in [0.15, 0.2) is 11.5 Å². The van der Waals surface area contributed by atoms with E-state index in [0.29, 0.717) is 18.1 Å². The highest BCUT2D eigenvalue weighted by Crippen LogP contribution is 2.41. The average Bonchev–Trinajstić information content (AvgIpc) is 2.53. The highest BCUT2D eigenvalue weighted by molar-refractivity contribution is 5.85. The second-order valence-corrected chi connectivity index (χ2v) is 4.50. The van der Waals surface area contributed by atoms with E-state index in [1.165, 1.54) is 5.56 Å². The number of hydrogen-bond acceptors (Lipinski definition) is 3. The molecule has 1 aliphatic rings. The third-order valence-electron chi connectivity index (χ3n) is 3.39. The van der Waals surface area contributed by atoms with E-state index in [-0.39, 0.29) is 0 Å². The smallest absolute Gasteiger partial charge is 0.164 e. The zero-order chi connectivity index (χ0) is 13.9. The molecule has 0 radical (unpaired) electrons. The van der Waals surface area contributed by atoms with Crippen molar-refractivity contribution in [3.63, 3.8) is 0 Å². The SMILES string of the molecule is COc1cc2c(cc1OC)C(c1ccccc1)=CCO2. The van der Waals surface area contributed by atoms with Crippen LogP contribution in [-0.4, -0.2) is 20.8 Å². The predicted molar refractivity (Wildman–Crippen MR) is 78.6 cm³/mol. The van der Waals surface area contributed by atoms with Crippen LogP contribution in [0.1, 0.15) is 11.1 Å². The normalized spacial score (nSPS) is 13.0. The third-order valence-corrected chi connectivity index (χ3v) is 3.39. The van der Waals surface area contributed by atoms with E-state index < -0.39 is 0 Å². The molecule has 3 heteroatoms. The van der Waals surface area contributed by atoms with Crippen LogP contribution in [-0.2, 0) is 0 Å². The molecule has 0 saturated heterocycles. The van der Waals surface area contributed by atoms with Crippen molar-refractivity contribution in [3.05, 3.63) is 59.7 Å². The number of hydrogen-bond donors (Lipinski definition) is 0. The lowest BCUT2D eigenvalue weighted by Gasteiger charge is -2.21. The van der Waals surface area contributed by atoms with Crippen molar-refractivity contribution in [2.45, 2.75) is 0 Å². The Morgan fingerprint density at radius 1 is 0.950 bits per heavy atom. The Balaban J connectivity index is 2.13. The summed E-state index contributed by atoms with van der Waals surface area (Å²) in [6, 6.07) is 14.1. The van der Waals surface area contributed by atoms with E-state index in [1.807, 2.05) is 30.3 Å². The van der Waals surface area contributed by atoms with Gasteiger partial charge in [0, 0.05) is 11.6 Å². The standard InChI is InChI=1S/C17H16O3/c1-18-16-10-14-13(12-6-4-3-5-7-12)8-9-20-15(14)11-17(16)19-2/h3-8,10-11H,9H2,1-2H3. The van der Waals surface area contributed by atoms with Crippen LogP contribution in [0, 0.1) is 0 Å². The van der Waals surface area contributed by atoms with Gasteiger partial charge in [0.1, 0.15) is 12.4 Å². The van der Waals surface area contributed by atoms with Crippen molar-refractivity contribution in [2.75, 3.05) is 20.8 Å². The van der Waals surface area contributed by atoms with E-state index >= 15 is 0 Å². The van der Waals surface area contributed by atoms with Gasteiger partial charge in [-0.1, -0.05) is 30.3 Å². The fourth-order valence-corrected chi connectivity index (χ4v) is 2.41. The first-order valence-corrected chi connectivity index (χ1v) is 6.48. The number of ether oxygens (including phenoxy) is 3. The van der Waals surface area contributed by atoms with Crippen molar-refractivity contribution in [1.29, 1.82) is 0 Å². The molecule has 0 N–H and O–H groups in total. The van der Waals surface area contributed by atoms with Gasteiger partial charge in [-0.05, 0) is 23.3 Å². The summed E-state index contributed by atoms with van der Waals surface area (Å²) >= 11 is 0. The third kappa shape index (κ3) is 2.11. The van der Waals surface area contributed by atoms with E-state index in [4.69, 9.17) is 14.2 Å². The first kappa shape index (κ1) is 12.6. The molecule has 102 valence electrons. The van der Waals surface area contributed by atoms with Crippen LogP contribution >= 0.6 is 0 Å². The molecule has 0 aromatic heterocycles. The van der Waals surface area contributed by atoms with Crippen LogP contribution in [0.15, 0.2) is 48.5 Å². The Morgan fingerprint density at radius 3 is 2.35 bits per heavy atom. The van der Waals surface area contributed by atoms with Gasteiger partial charge in [-0.25, -0.2) is 0 Å². The molecule has 2 aromatic rings. The largest absolute Gasteiger partial charge is 0.493 e. The molecule has 3 rings (SSSR count). The fourth-order valence-electron chi connectivity index (χ4n) is 2.41. The summed E-state index contributed by atoms with van der Waals surface area (Å²) in [5.74, 6) is 2.21. The Hall–Kier alpha value is -2.42. The van der Waals surface area contributed by atoms with Crippen molar-refractivity contribution < 1.29 is 14.2 Å². The van der Waals surface area contributed by atoms with Gasteiger partial charge in [-0.2, -0.15) is 0 Å². The molecule has 0 spiro atoms. The van der Waals surface area contributed by atoms with E-state index in [2.05, 4.69) is 18.2 Å². The summed E-state index contributed by atoms with van der Waals surface area (Å²) in [6.45, 7) is 0.562. The topological polar surface area (TPSA) is 27.7 Å². The summed E-state index contributed by atoms with van der Waals surface area (Å²) in [7, 11) is 3.26. The first-order chi connectivity index (χ1) is 9.83. The lowest BCUT2D eigenvalue weighted by Crippen LogP contribution is -2.06. The molecule has 0 aliphatic carbocycles. The maximum Gasteiger partial charge on any atom is 0.164 e. The minimum Gasteiger partial charge on any atom is -0.493 e. The van der Waals surface area contributed by atoms with Crippen molar-refractivity contribution in [1.82, 2.24) is 0 Å². The zero-order valence-electron chi connectivity index (χ0n) is 11.6. The molecule has 1 heterocycles. The average molecular weight is 268 g/mol. The highest BCUT2D eigenvalue weighted by atomic mass is 16.5. The number of methoxy groups -OCH3 is 2.